The number of aryl methyl sites for hydroxylation is 1. The van der Waals surface area contributed by atoms with E-state index in [4.69, 9.17) is 4.74 Å². The highest BCUT2D eigenvalue weighted by molar-refractivity contribution is 5.48. The van der Waals surface area contributed by atoms with Crippen molar-refractivity contribution in [2.75, 3.05) is 39.8 Å². The summed E-state index contributed by atoms with van der Waals surface area (Å²) in [5.41, 5.74) is 1.89. The number of nitrogens with zero attached hydrogens (tertiary/aromatic N) is 1. The van der Waals surface area contributed by atoms with Crippen LogP contribution in [0.3, 0.4) is 0 Å². The lowest BCUT2D eigenvalue weighted by Gasteiger charge is -2.28. The number of benzene rings is 1. The minimum Gasteiger partial charge on any atom is -0.496 e. The van der Waals surface area contributed by atoms with Gasteiger partial charge in [-0.25, -0.2) is 8.78 Å². The summed E-state index contributed by atoms with van der Waals surface area (Å²) in [4.78, 5) is 2.35. The van der Waals surface area contributed by atoms with Gasteiger partial charge in [0.15, 0.2) is 0 Å². The molecule has 2 rings (SSSR count). The molecule has 3 nitrogen and oxygen atoms in total. The molecule has 1 heterocycles. The normalized spacial score (nSPS) is 17.0. The Morgan fingerprint density at radius 1 is 1.29 bits per heavy atom. The van der Waals surface area contributed by atoms with Gasteiger partial charge in [0.1, 0.15) is 5.75 Å². The third-order valence-electron chi connectivity index (χ3n) is 4.06. The third-order valence-corrected chi connectivity index (χ3v) is 4.06. The van der Waals surface area contributed by atoms with Crippen molar-refractivity contribution in [3.8, 4) is 5.75 Å². The lowest BCUT2D eigenvalue weighted by atomic mass is 9.97. The fraction of sp³-hybridized carbons (Fsp3) is 0.625. The van der Waals surface area contributed by atoms with Crippen LogP contribution in [0.25, 0.3) is 0 Å². The molecule has 0 aromatic heterocycles. The van der Waals surface area contributed by atoms with Gasteiger partial charge in [0.25, 0.3) is 5.92 Å². The van der Waals surface area contributed by atoms with Crippen LogP contribution in [0.4, 0.5) is 8.78 Å². The van der Waals surface area contributed by atoms with Crippen molar-refractivity contribution in [2.24, 2.45) is 0 Å². The second-order valence-electron chi connectivity index (χ2n) is 5.67. The molecule has 21 heavy (non-hydrogen) atoms. The van der Waals surface area contributed by atoms with Crippen LogP contribution in [-0.4, -0.2) is 44.7 Å². The topological polar surface area (TPSA) is 24.5 Å². The first-order valence-electron chi connectivity index (χ1n) is 7.41. The molecule has 1 aliphatic rings. The Balaban J connectivity index is 2.20. The Morgan fingerprint density at radius 3 is 2.52 bits per heavy atom. The molecule has 1 aromatic carbocycles. The minimum absolute atomic E-state index is 0.0223. The molecule has 0 amide bonds. The highest BCUT2D eigenvalue weighted by Gasteiger charge is 2.30. The van der Waals surface area contributed by atoms with Gasteiger partial charge in [-0.05, 0) is 30.5 Å². The van der Waals surface area contributed by atoms with E-state index in [1.54, 1.807) is 6.07 Å². The van der Waals surface area contributed by atoms with Crippen LogP contribution in [0, 0.1) is 6.92 Å². The molecule has 0 atom stereocenters. The van der Waals surface area contributed by atoms with Gasteiger partial charge in [-0.3, -0.25) is 0 Å². The molecule has 0 radical (unpaired) electrons. The predicted octanol–water partition coefficient (Wildman–Crippen LogP) is 2.56. The first-order valence-corrected chi connectivity index (χ1v) is 7.41. The number of ether oxygens (including phenoxy) is 1. The van der Waals surface area contributed by atoms with Gasteiger partial charge < -0.3 is 15.0 Å². The summed E-state index contributed by atoms with van der Waals surface area (Å²) in [6, 6.07) is 3.24. The fourth-order valence-electron chi connectivity index (χ4n) is 2.82. The largest absolute Gasteiger partial charge is 0.496 e. The summed E-state index contributed by atoms with van der Waals surface area (Å²) in [5, 5.41) is 3.31. The molecule has 1 saturated heterocycles. The number of hydrogen-bond acceptors (Lipinski definition) is 3. The van der Waals surface area contributed by atoms with E-state index >= 15 is 0 Å². The summed E-state index contributed by atoms with van der Waals surface area (Å²) in [6.45, 7) is 7.73. The van der Waals surface area contributed by atoms with Gasteiger partial charge in [-0.1, -0.05) is 6.07 Å². The highest BCUT2D eigenvalue weighted by atomic mass is 19.3. The second kappa shape index (κ2) is 6.71. The van der Waals surface area contributed by atoms with Crippen LogP contribution in [0.2, 0.25) is 0 Å². The van der Waals surface area contributed by atoms with Gasteiger partial charge in [-0.15, -0.1) is 0 Å². The molecule has 0 saturated carbocycles. The smallest absolute Gasteiger partial charge is 0.274 e. The first-order chi connectivity index (χ1) is 9.93. The van der Waals surface area contributed by atoms with E-state index < -0.39 is 5.92 Å². The lowest BCUT2D eigenvalue weighted by Crippen LogP contribution is -2.44. The van der Waals surface area contributed by atoms with Gasteiger partial charge in [0, 0.05) is 39.6 Å². The van der Waals surface area contributed by atoms with E-state index in [1.165, 1.54) is 13.2 Å². The van der Waals surface area contributed by atoms with E-state index in [0.717, 1.165) is 57.2 Å². The molecule has 118 valence electrons. The predicted molar refractivity (Wildman–Crippen MR) is 80.3 cm³/mol. The van der Waals surface area contributed by atoms with Crippen molar-refractivity contribution in [2.45, 2.75) is 26.2 Å². The van der Waals surface area contributed by atoms with Crippen molar-refractivity contribution in [3.05, 3.63) is 28.8 Å². The quantitative estimate of drug-likeness (QED) is 0.904. The number of methoxy groups -OCH3 is 1. The SMILES string of the molecule is COc1c(C(C)(F)F)ccc(C)c1CCN1CCNCC1. The maximum atomic E-state index is 13.7. The van der Waals surface area contributed by atoms with E-state index in [9.17, 15) is 8.78 Å². The number of rotatable bonds is 5. The van der Waals surface area contributed by atoms with Crippen molar-refractivity contribution in [1.82, 2.24) is 10.2 Å². The number of nitrogens with one attached hydrogen (secondary N) is 1. The zero-order valence-corrected chi connectivity index (χ0v) is 13.0. The zero-order chi connectivity index (χ0) is 15.5. The molecule has 1 fully saturated rings. The Kier molecular flexibility index (Phi) is 5.17. The standard InChI is InChI=1S/C16H24F2N2O/c1-12-4-5-14(16(2,17)18)15(21-3)13(12)6-9-20-10-7-19-8-11-20/h4-5,19H,6-11H2,1-3H3. The molecule has 1 N–H and O–H groups in total. The average Bonchev–Trinajstić information content (AvgIpc) is 2.45. The van der Waals surface area contributed by atoms with Crippen molar-refractivity contribution < 1.29 is 13.5 Å². The fourth-order valence-corrected chi connectivity index (χ4v) is 2.82. The average molecular weight is 298 g/mol. The van der Waals surface area contributed by atoms with Gasteiger partial charge in [0.2, 0.25) is 0 Å². The zero-order valence-electron chi connectivity index (χ0n) is 13.0. The van der Waals surface area contributed by atoms with Crippen molar-refractivity contribution >= 4 is 0 Å². The lowest BCUT2D eigenvalue weighted by molar-refractivity contribution is 0.0149. The second-order valence-corrected chi connectivity index (χ2v) is 5.67. The maximum Gasteiger partial charge on any atom is 0.274 e. The summed E-state index contributed by atoms with van der Waals surface area (Å²) < 4.78 is 32.7. The van der Waals surface area contributed by atoms with Crippen molar-refractivity contribution in [1.29, 1.82) is 0 Å². The Labute approximate surface area is 125 Å². The Hall–Kier alpha value is -1.20. The van der Waals surface area contributed by atoms with Crippen LogP contribution in [0.5, 0.6) is 5.75 Å². The van der Waals surface area contributed by atoms with Crippen LogP contribution >= 0.6 is 0 Å². The van der Waals surface area contributed by atoms with Crippen LogP contribution in [0.15, 0.2) is 12.1 Å². The number of halogens is 2. The molecule has 0 aliphatic carbocycles. The van der Waals surface area contributed by atoms with Gasteiger partial charge >= 0.3 is 0 Å². The minimum atomic E-state index is -2.89. The molecule has 5 heteroatoms. The number of hydrogen-bond donors (Lipinski definition) is 1. The van der Waals surface area contributed by atoms with Crippen LogP contribution in [-0.2, 0) is 12.3 Å². The number of alkyl halides is 2. The first kappa shape index (κ1) is 16.2. The Morgan fingerprint density at radius 2 is 1.95 bits per heavy atom. The molecule has 1 aromatic rings. The van der Waals surface area contributed by atoms with Gasteiger partial charge in [-0.2, -0.15) is 0 Å². The van der Waals surface area contributed by atoms with E-state index in [2.05, 4.69) is 10.2 Å². The molecular weight excluding hydrogens is 274 g/mol. The Bertz CT molecular complexity index is 480. The van der Waals surface area contributed by atoms with E-state index in [0.29, 0.717) is 5.75 Å². The monoisotopic (exact) mass is 298 g/mol. The highest BCUT2D eigenvalue weighted by Crippen LogP contribution is 2.38. The number of piperazine rings is 1. The summed E-state index contributed by atoms with van der Waals surface area (Å²) in [5.74, 6) is -2.54. The molecule has 0 unspecified atom stereocenters. The summed E-state index contributed by atoms with van der Waals surface area (Å²) in [6.07, 6.45) is 0.735. The van der Waals surface area contributed by atoms with Crippen LogP contribution < -0.4 is 10.1 Å². The third kappa shape index (κ3) is 3.92. The van der Waals surface area contributed by atoms with E-state index in [1.807, 2.05) is 6.92 Å². The van der Waals surface area contributed by atoms with Crippen molar-refractivity contribution in [3.63, 3.8) is 0 Å². The van der Waals surface area contributed by atoms with E-state index in [-0.39, 0.29) is 5.56 Å². The maximum absolute atomic E-state index is 13.7. The summed E-state index contributed by atoms with van der Waals surface area (Å²) in [7, 11) is 1.47. The van der Waals surface area contributed by atoms with Crippen LogP contribution in [0.1, 0.15) is 23.6 Å². The molecule has 0 bridgehead atoms. The molecular formula is C16H24F2N2O. The molecule has 1 aliphatic heterocycles. The summed E-state index contributed by atoms with van der Waals surface area (Å²) >= 11 is 0. The van der Waals surface area contributed by atoms with Gasteiger partial charge in [0.05, 0.1) is 12.7 Å². The molecule has 0 spiro atoms.